The van der Waals surface area contributed by atoms with Crippen molar-refractivity contribution in [2.45, 2.75) is 6.92 Å². The van der Waals surface area contributed by atoms with Crippen molar-refractivity contribution in [2.24, 2.45) is 5.92 Å². The summed E-state index contributed by atoms with van der Waals surface area (Å²) in [7, 11) is 0. The predicted octanol–water partition coefficient (Wildman–Crippen LogP) is 1.38. The van der Waals surface area contributed by atoms with Crippen LogP contribution in [0.5, 0.6) is 0 Å². The minimum Gasteiger partial charge on any atom is -0.478 e. The van der Waals surface area contributed by atoms with Crippen molar-refractivity contribution in [3.8, 4) is 0 Å². The first-order valence-electron chi connectivity index (χ1n) is 5.00. The number of rotatable bonds is 1. The fraction of sp³-hybridized carbons (Fsp3) is 0.273. The molecule has 0 saturated heterocycles. The number of carbonyl (C=O) groups excluding carboxylic acids is 1. The zero-order chi connectivity index (χ0) is 11.7. The summed E-state index contributed by atoms with van der Waals surface area (Å²) >= 11 is 0. The van der Waals surface area contributed by atoms with Gasteiger partial charge in [-0.15, -0.1) is 0 Å². The third-order valence-corrected chi connectivity index (χ3v) is 2.57. The molecule has 16 heavy (non-hydrogen) atoms. The molecule has 5 heteroatoms. The number of fused-ring (bicyclic) bond motifs is 1. The summed E-state index contributed by atoms with van der Waals surface area (Å²) in [6.07, 6.45) is 0. The van der Waals surface area contributed by atoms with Gasteiger partial charge in [0.1, 0.15) is 0 Å². The van der Waals surface area contributed by atoms with E-state index in [9.17, 15) is 9.59 Å². The third kappa shape index (κ3) is 1.84. The zero-order valence-electron chi connectivity index (χ0n) is 8.78. The van der Waals surface area contributed by atoms with Crippen LogP contribution >= 0.6 is 0 Å². The molecule has 0 spiro atoms. The van der Waals surface area contributed by atoms with Crippen molar-refractivity contribution < 1.29 is 14.7 Å². The quantitative estimate of drug-likeness (QED) is 0.668. The molecule has 3 N–H and O–H groups in total. The van der Waals surface area contributed by atoms with Gasteiger partial charge in [-0.3, -0.25) is 4.79 Å². The minimum absolute atomic E-state index is 0.0608. The van der Waals surface area contributed by atoms with Gasteiger partial charge in [0.2, 0.25) is 5.91 Å². The van der Waals surface area contributed by atoms with Crippen LogP contribution < -0.4 is 10.6 Å². The molecule has 1 unspecified atom stereocenters. The lowest BCUT2D eigenvalue weighted by Crippen LogP contribution is -2.22. The van der Waals surface area contributed by atoms with Gasteiger partial charge < -0.3 is 15.7 Å². The summed E-state index contributed by atoms with van der Waals surface area (Å²) in [5.41, 5.74) is 1.48. The Bertz CT molecular complexity index is 457. The normalized spacial score (nSPS) is 19.1. The standard InChI is InChI=1S/C11H12N2O3/c1-6-5-12-9-4-7(11(15)16)2-3-8(9)13-10(6)14/h2-4,6,12H,5H2,1H3,(H,13,14)(H,15,16). The molecule has 0 aromatic heterocycles. The monoisotopic (exact) mass is 220 g/mol. The van der Waals surface area contributed by atoms with Gasteiger partial charge in [-0.2, -0.15) is 0 Å². The number of carboxylic acid groups (broad SMARTS) is 1. The van der Waals surface area contributed by atoms with Crippen LogP contribution in [0.4, 0.5) is 11.4 Å². The number of carbonyl (C=O) groups is 2. The Balaban J connectivity index is 2.38. The Hall–Kier alpha value is -2.04. The van der Waals surface area contributed by atoms with Crippen LogP contribution in [-0.2, 0) is 4.79 Å². The van der Waals surface area contributed by atoms with Gasteiger partial charge in [0.25, 0.3) is 0 Å². The molecule has 84 valence electrons. The van der Waals surface area contributed by atoms with E-state index in [1.165, 1.54) is 12.1 Å². The minimum atomic E-state index is -0.978. The van der Waals surface area contributed by atoms with E-state index in [4.69, 9.17) is 5.11 Å². The largest absolute Gasteiger partial charge is 0.478 e. The van der Waals surface area contributed by atoms with Gasteiger partial charge in [0, 0.05) is 6.54 Å². The molecule has 0 radical (unpaired) electrons. The van der Waals surface area contributed by atoms with Gasteiger partial charge in [0.05, 0.1) is 22.9 Å². The molecule has 2 rings (SSSR count). The van der Waals surface area contributed by atoms with Gasteiger partial charge in [0.15, 0.2) is 0 Å². The van der Waals surface area contributed by atoms with Crippen LogP contribution in [0.2, 0.25) is 0 Å². The van der Waals surface area contributed by atoms with Crippen LogP contribution in [-0.4, -0.2) is 23.5 Å². The summed E-state index contributed by atoms with van der Waals surface area (Å²) in [5, 5.41) is 14.6. The SMILES string of the molecule is CC1CNc2cc(C(=O)O)ccc2NC1=O. The van der Waals surface area contributed by atoms with Crippen molar-refractivity contribution in [1.29, 1.82) is 0 Å². The molecule has 0 aliphatic carbocycles. The van der Waals surface area contributed by atoms with Gasteiger partial charge in [-0.25, -0.2) is 4.79 Å². The fourth-order valence-electron chi connectivity index (χ4n) is 1.54. The molecule has 0 fully saturated rings. The first-order chi connectivity index (χ1) is 7.58. The maximum absolute atomic E-state index is 11.5. The highest BCUT2D eigenvalue weighted by atomic mass is 16.4. The number of aromatic carboxylic acids is 1. The third-order valence-electron chi connectivity index (χ3n) is 2.57. The molecule has 1 aliphatic rings. The first kappa shape index (κ1) is 10.5. The predicted molar refractivity (Wildman–Crippen MR) is 59.7 cm³/mol. The van der Waals surface area contributed by atoms with E-state index in [0.29, 0.717) is 17.9 Å². The van der Waals surface area contributed by atoms with Crippen LogP contribution in [0.3, 0.4) is 0 Å². The van der Waals surface area contributed by atoms with E-state index < -0.39 is 5.97 Å². The number of benzene rings is 1. The van der Waals surface area contributed by atoms with Crippen LogP contribution in [0, 0.1) is 5.92 Å². The summed E-state index contributed by atoms with van der Waals surface area (Å²) in [4.78, 5) is 22.3. The van der Waals surface area contributed by atoms with E-state index >= 15 is 0 Å². The van der Waals surface area contributed by atoms with Crippen LogP contribution in [0.15, 0.2) is 18.2 Å². The first-order valence-corrected chi connectivity index (χ1v) is 5.00. The lowest BCUT2D eigenvalue weighted by molar-refractivity contribution is -0.118. The molecular weight excluding hydrogens is 208 g/mol. The Labute approximate surface area is 92.5 Å². The summed E-state index contributed by atoms with van der Waals surface area (Å²) in [6, 6.07) is 4.59. The molecule has 1 amide bonds. The lowest BCUT2D eigenvalue weighted by Gasteiger charge is -2.07. The molecule has 1 aromatic carbocycles. The average Bonchev–Trinajstić information content (AvgIpc) is 2.39. The molecule has 1 aromatic rings. The number of carboxylic acids is 1. The van der Waals surface area contributed by atoms with Gasteiger partial charge in [-0.1, -0.05) is 6.92 Å². The Kier molecular flexibility index (Phi) is 2.52. The lowest BCUT2D eigenvalue weighted by atomic mass is 10.1. The highest BCUT2D eigenvalue weighted by Gasteiger charge is 2.19. The number of hydrogen-bond donors (Lipinski definition) is 3. The second-order valence-electron chi connectivity index (χ2n) is 3.84. The van der Waals surface area contributed by atoms with E-state index in [1.807, 2.05) is 6.92 Å². The molecule has 1 heterocycles. The average molecular weight is 220 g/mol. The van der Waals surface area contributed by atoms with Gasteiger partial charge in [-0.05, 0) is 18.2 Å². The fourth-order valence-corrected chi connectivity index (χ4v) is 1.54. The Morgan fingerprint density at radius 3 is 2.88 bits per heavy atom. The maximum Gasteiger partial charge on any atom is 0.335 e. The molecule has 1 aliphatic heterocycles. The van der Waals surface area contributed by atoms with Crippen LogP contribution in [0.25, 0.3) is 0 Å². The molecule has 0 bridgehead atoms. The van der Waals surface area contributed by atoms with Gasteiger partial charge >= 0.3 is 5.97 Å². The summed E-state index contributed by atoms with van der Waals surface area (Å²) in [6.45, 7) is 2.31. The second kappa shape index (κ2) is 3.84. The highest BCUT2D eigenvalue weighted by molar-refractivity contribution is 5.99. The smallest absolute Gasteiger partial charge is 0.335 e. The van der Waals surface area contributed by atoms with Crippen molar-refractivity contribution in [3.63, 3.8) is 0 Å². The molecule has 5 nitrogen and oxygen atoms in total. The number of hydrogen-bond acceptors (Lipinski definition) is 3. The van der Waals surface area contributed by atoms with E-state index in [2.05, 4.69) is 10.6 Å². The number of nitrogens with one attached hydrogen (secondary N) is 2. The zero-order valence-corrected chi connectivity index (χ0v) is 8.78. The van der Waals surface area contributed by atoms with Crippen molar-refractivity contribution in [1.82, 2.24) is 0 Å². The molecule has 0 saturated carbocycles. The summed E-state index contributed by atoms with van der Waals surface area (Å²) in [5.74, 6) is -1.18. The van der Waals surface area contributed by atoms with Crippen molar-refractivity contribution in [2.75, 3.05) is 17.2 Å². The van der Waals surface area contributed by atoms with E-state index in [0.717, 1.165) is 0 Å². The Morgan fingerprint density at radius 2 is 2.19 bits per heavy atom. The molecule has 1 atom stereocenters. The summed E-state index contributed by atoms with van der Waals surface area (Å²) < 4.78 is 0. The highest BCUT2D eigenvalue weighted by Crippen LogP contribution is 2.26. The van der Waals surface area contributed by atoms with Crippen molar-refractivity contribution in [3.05, 3.63) is 23.8 Å². The number of amides is 1. The van der Waals surface area contributed by atoms with E-state index in [1.54, 1.807) is 6.07 Å². The van der Waals surface area contributed by atoms with Crippen LogP contribution in [0.1, 0.15) is 17.3 Å². The topological polar surface area (TPSA) is 78.4 Å². The Morgan fingerprint density at radius 1 is 1.44 bits per heavy atom. The van der Waals surface area contributed by atoms with Crippen molar-refractivity contribution >= 4 is 23.3 Å². The maximum atomic E-state index is 11.5. The number of anilines is 2. The molecular formula is C11H12N2O3. The van der Waals surface area contributed by atoms with E-state index in [-0.39, 0.29) is 17.4 Å². The second-order valence-corrected chi connectivity index (χ2v) is 3.84.